The molecule has 132 valence electrons. The highest BCUT2D eigenvalue weighted by Crippen LogP contribution is 2.64. The largest absolute Gasteiger partial charge is 0.459 e. The molecule has 4 saturated carbocycles. The third-order valence-corrected chi connectivity index (χ3v) is 6.99. The third kappa shape index (κ3) is 3.33. The molecule has 4 fully saturated rings. The molecule has 4 rings (SSSR count). The van der Waals surface area contributed by atoms with Gasteiger partial charge in [0.05, 0.1) is 5.92 Å². The Labute approximate surface area is 142 Å². The highest BCUT2D eigenvalue weighted by Gasteiger charge is 2.58. The van der Waals surface area contributed by atoms with Crippen LogP contribution in [-0.4, -0.2) is 11.6 Å². The van der Waals surface area contributed by atoms with Crippen LogP contribution in [0.5, 0.6) is 0 Å². The van der Waals surface area contributed by atoms with E-state index in [-0.39, 0.29) is 28.3 Å². The van der Waals surface area contributed by atoms with E-state index in [1.54, 1.807) is 0 Å². The predicted molar refractivity (Wildman–Crippen MR) is 94.0 cm³/mol. The summed E-state index contributed by atoms with van der Waals surface area (Å²) in [6.45, 7) is 13.0. The van der Waals surface area contributed by atoms with Crippen molar-refractivity contribution in [3.63, 3.8) is 0 Å². The minimum Gasteiger partial charge on any atom is -0.459 e. The van der Waals surface area contributed by atoms with Gasteiger partial charge in [-0.1, -0.05) is 27.7 Å². The number of hydrogen-bond donors (Lipinski definition) is 0. The molecule has 0 aromatic heterocycles. The number of ether oxygens (including phenoxy) is 1. The summed E-state index contributed by atoms with van der Waals surface area (Å²) in [4.78, 5) is 12.7. The summed E-state index contributed by atoms with van der Waals surface area (Å²) in [5.41, 5.74) is 0.106. The topological polar surface area (TPSA) is 26.3 Å². The first-order chi connectivity index (χ1) is 10.5. The SMILES string of the molecule is CC(CC(C)(C)C)C(=O)OC(C)(C)C12CC3CC(CC(C3)C1)C2. The van der Waals surface area contributed by atoms with E-state index in [0.717, 1.165) is 24.2 Å². The molecule has 0 aromatic rings. The standard InChI is InChI=1S/C21H36O2/c1-14(10-19(2,3)4)18(22)23-20(5,6)21-11-15-7-16(12-21)9-17(8-15)13-21/h14-17H,7-13H2,1-6H3. The highest BCUT2D eigenvalue weighted by atomic mass is 16.6. The molecular weight excluding hydrogens is 284 g/mol. The van der Waals surface area contributed by atoms with Crippen molar-refractivity contribution in [2.75, 3.05) is 0 Å². The maximum absolute atomic E-state index is 12.7. The molecule has 0 spiro atoms. The average molecular weight is 321 g/mol. The lowest BCUT2D eigenvalue weighted by Crippen LogP contribution is -2.57. The first-order valence-corrected chi connectivity index (χ1v) is 9.73. The molecule has 0 N–H and O–H groups in total. The molecule has 4 aliphatic carbocycles. The van der Waals surface area contributed by atoms with Gasteiger partial charge in [-0.15, -0.1) is 0 Å². The van der Waals surface area contributed by atoms with Crippen LogP contribution in [-0.2, 0) is 9.53 Å². The fraction of sp³-hybridized carbons (Fsp3) is 0.952. The molecular formula is C21H36O2. The fourth-order valence-corrected chi connectivity index (χ4v) is 6.31. The van der Waals surface area contributed by atoms with E-state index < -0.39 is 0 Å². The minimum atomic E-state index is -0.313. The maximum atomic E-state index is 12.7. The summed E-state index contributed by atoms with van der Waals surface area (Å²) in [5.74, 6) is 2.69. The summed E-state index contributed by atoms with van der Waals surface area (Å²) in [5, 5.41) is 0. The lowest BCUT2D eigenvalue weighted by atomic mass is 9.46. The number of rotatable bonds is 4. The molecule has 2 nitrogen and oxygen atoms in total. The Kier molecular flexibility index (Phi) is 4.13. The van der Waals surface area contributed by atoms with Crippen molar-refractivity contribution < 1.29 is 9.53 Å². The Balaban J connectivity index is 1.70. The van der Waals surface area contributed by atoms with Crippen LogP contribution in [0.1, 0.15) is 86.5 Å². The van der Waals surface area contributed by atoms with Crippen molar-refractivity contribution in [3.8, 4) is 0 Å². The molecule has 4 bridgehead atoms. The molecule has 1 unspecified atom stereocenters. The van der Waals surface area contributed by atoms with E-state index in [4.69, 9.17) is 4.74 Å². The molecule has 4 aliphatic rings. The smallest absolute Gasteiger partial charge is 0.309 e. The molecule has 0 amide bonds. The van der Waals surface area contributed by atoms with E-state index in [1.165, 1.54) is 38.5 Å². The van der Waals surface area contributed by atoms with Crippen molar-refractivity contribution >= 4 is 5.97 Å². The lowest BCUT2D eigenvalue weighted by Gasteiger charge is -2.61. The maximum Gasteiger partial charge on any atom is 0.309 e. The Morgan fingerprint density at radius 1 is 1.00 bits per heavy atom. The van der Waals surface area contributed by atoms with Gasteiger partial charge in [0, 0.05) is 5.41 Å². The normalized spacial score (nSPS) is 37.7. The second-order valence-corrected chi connectivity index (χ2v) is 10.8. The van der Waals surface area contributed by atoms with Crippen LogP contribution in [0.2, 0.25) is 0 Å². The summed E-state index contributed by atoms with van der Waals surface area (Å²) in [6, 6.07) is 0. The van der Waals surface area contributed by atoms with Gasteiger partial charge in [-0.2, -0.15) is 0 Å². The lowest BCUT2D eigenvalue weighted by molar-refractivity contribution is -0.202. The van der Waals surface area contributed by atoms with Gasteiger partial charge in [-0.3, -0.25) is 4.79 Å². The van der Waals surface area contributed by atoms with Gasteiger partial charge in [-0.05, 0) is 82.0 Å². The third-order valence-electron chi connectivity index (χ3n) is 6.99. The van der Waals surface area contributed by atoms with Crippen LogP contribution >= 0.6 is 0 Å². The highest BCUT2D eigenvalue weighted by molar-refractivity contribution is 5.72. The van der Waals surface area contributed by atoms with Crippen LogP contribution in [0.25, 0.3) is 0 Å². The molecule has 0 heterocycles. The average Bonchev–Trinajstić information content (AvgIpc) is 2.34. The zero-order valence-electron chi connectivity index (χ0n) is 16.1. The second-order valence-electron chi connectivity index (χ2n) is 10.8. The summed E-state index contributed by atoms with van der Waals surface area (Å²) >= 11 is 0. The summed E-state index contributed by atoms with van der Waals surface area (Å²) in [6.07, 6.45) is 9.05. The van der Waals surface area contributed by atoms with Crippen LogP contribution in [0.3, 0.4) is 0 Å². The predicted octanol–water partition coefficient (Wildman–Crippen LogP) is 5.60. The van der Waals surface area contributed by atoms with Gasteiger partial charge in [0.15, 0.2) is 0 Å². The van der Waals surface area contributed by atoms with Crippen molar-refractivity contribution in [2.45, 2.75) is 92.1 Å². The van der Waals surface area contributed by atoms with Crippen molar-refractivity contribution in [1.29, 1.82) is 0 Å². The van der Waals surface area contributed by atoms with Gasteiger partial charge in [0.25, 0.3) is 0 Å². The Morgan fingerprint density at radius 2 is 1.43 bits per heavy atom. The van der Waals surface area contributed by atoms with Crippen molar-refractivity contribution in [1.82, 2.24) is 0 Å². The fourth-order valence-electron chi connectivity index (χ4n) is 6.31. The van der Waals surface area contributed by atoms with E-state index in [1.807, 2.05) is 6.92 Å². The van der Waals surface area contributed by atoms with Crippen molar-refractivity contribution in [3.05, 3.63) is 0 Å². The zero-order valence-corrected chi connectivity index (χ0v) is 16.1. The van der Waals surface area contributed by atoms with Gasteiger partial charge in [0.1, 0.15) is 5.60 Å². The second kappa shape index (κ2) is 5.49. The van der Waals surface area contributed by atoms with E-state index in [2.05, 4.69) is 34.6 Å². The molecule has 1 atom stereocenters. The van der Waals surface area contributed by atoms with Gasteiger partial charge in [-0.25, -0.2) is 0 Å². The van der Waals surface area contributed by atoms with Crippen LogP contribution in [0.15, 0.2) is 0 Å². The van der Waals surface area contributed by atoms with E-state index in [0.29, 0.717) is 0 Å². The molecule has 2 heteroatoms. The zero-order chi connectivity index (χ0) is 17.0. The minimum absolute atomic E-state index is 0.0109. The van der Waals surface area contributed by atoms with Crippen molar-refractivity contribution in [2.24, 2.45) is 34.5 Å². The quantitative estimate of drug-likeness (QED) is 0.630. The number of esters is 1. The molecule has 0 aliphatic heterocycles. The van der Waals surface area contributed by atoms with Gasteiger partial charge < -0.3 is 4.74 Å². The van der Waals surface area contributed by atoms with Gasteiger partial charge >= 0.3 is 5.97 Å². The number of hydrogen-bond acceptors (Lipinski definition) is 2. The van der Waals surface area contributed by atoms with Gasteiger partial charge in [0.2, 0.25) is 0 Å². The molecule has 0 saturated heterocycles. The first-order valence-electron chi connectivity index (χ1n) is 9.73. The van der Waals surface area contributed by atoms with Crippen LogP contribution < -0.4 is 0 Å². The number of carbonyl (C=O) groups is 1. The Hall–Kier alpha value is -0.530. The molecule has 0 aromatic carbocycles. The summed E-state index contributed by atoms with van der Waals surface area (Å²) < 4.78 is 6.19. The first kappa shape index (κ1) is 17.3. The van der Waals surface area contributed by atoms with E-state index >= 15 is 0 Å². The Morgan fingerprint density at radius 3 is 1.83 bits per heavy atom. The Bertz CT molecular complexity index is 433. The molecule has 23 heavy (non-hydrogen) atoms. The monoisotopic (exact) mass is 320 g/mol. The number of carbonyl (C=O) groups excluding carboxylic acids is 1. The molecule has 0 radical (unpaired) electrons. The van der Waals surface area contributed by atoms with Crippen LogP contribution in [0, 0.1) is 34.5 Å². The van der Waals surface area contributed by atoms with Crippen LogP contribution in [0.4, 0.5) is 0 Å². The van der Waals surface area contributed by atoms with E-state index in [9.17, 15) is 4.79 Å². The summed E-state index contributed by atoms with van der Waals surface area (Å²) in [7, 11) is 0.